The Morgan fingerprint density at radius 3 is 2.64 bits per heavy atom. The van der Waals surface area contributed by atoms with Crippen LogP contribution < -0.4 is 5.32 Å². The van der Waals surface area contributed by atoms with Gasteiger partial charge in [0.05, 0.1) is 6.07 Å². The van der Waals surface area contributed by atoms with Crippen molar-refractivity contribution in [3.8, 4) is 6.07 Å². The van der Waals surface area contributed by atoms with E-state index in [4.69, 9.17) is 0 Å². The zero-order valence-corrected chi connectivity index (χ0v) is 12.0. The summed E-state index contributed by atoms with van der Waals surface area (Å²) in [6.45, 7) is 0. The zero-order chi connectivity index (χ0) is 15.2. The van der Waals surface area contributed by atoms with Crippen molar-refractivity contribution >= 4 is 16.5 Å². The Kier molecular flexibility index (Phi) is 4.12. The van der Waals surface area contributed by atoms with E-state index >= 15 is 0 Å². The van der Waals surface area contributed by atoms with Gasteiger partial charge in [0, 0.05) is 41.7 Å². The minimum absolute atomic E-state index is 0.560. The van der Waals surface area contributed by atoms with E-state index in [9.17, 15) is 5.26 Å². The van der Waals surface area contributed by atoms with Crippen LogP contribution in [0.2, 0.25) is 0 Å². The van der Waals surface area contributed by atoms with Crippen molar-refractivity contribution in [2.75, 3.05) is 5.32 Å². The summed E-state index contributed by atoms with van der Waals surface area (Å²) in [6, 6.07) is 20.1. The van der Waals surface area contributed by atoms with Gasteiger partial charge in [-0.2, -0.15) is 5.26 Å². The maximum atomic E-state index is 9.36. The third-order valence-electron chi connectivity index (χ3n) is 3.46. The molecule has 3 aromatic rings. The largest absolute Gasteiger partial charge is 0.361 e. The normalized spacial score (nSPS) is 11.1. The molecule has 1 N–H and O–H groups in total. The monoisotopic (exact) mass is 285 g/mol. The number of hydrogen-bond acceptors (Lipinski definition) is 3. The Balaban J connectivity index is 1.84. The average molecular weight is 285 g/mol. The van der Waals surface area contributed by atoms with Crippen LogP contribution in [0.5, 0.6) is 0 Å². The number of benzene rings is 2. The fourth-order valence-corrected chi connectivity index (χ4v) is 2.35. The number of rotatable bonds is 4. The molecule has 0 saturated heterocycles. The van der Waals surface area contributed by atoms with Crippen LogP contribution in [-0.4, -0.2) is 4.98 Å². The molecule has 0 bridgehead atoms. The quantitative estimate of drug-likeness (QED) is 0.727. The molecule has 22 heavy (non-hydrogen) atoms. The molecule has 3 nitrogen and oxygen atoms in total. The van der Waals surface area contributed by atoms with Gasteiger partial charge in [-0.15, -0.1) is 0 Å². The van der Waals surface area contributed by atoms with Crippen molar-refractivity contribution in [2.24, 2.45) is 0 Å². The van der Waals surface area contributed by atoms with E-state index in [0.29, 0.717) is 12.0 Å². The molecule has 0 amide bonds. The van der Waals surface area contributed by atoms with E-state index in [1.54, 1.807) is 6.20 Å². The summed E-state index contributed by atoms with van der Waals surface area (Å²) in [5.41, 5.74) is 2.69. The number of nitrogens with zero attached hydrogens (tertiary/aromatic N) is 2. The van der Waals surface area contributed by atoms with Crippen LogP contribution >= 0.6 is 0 Å². The third-order valence-corrected chi connectivity index (χ3v) is 3.46. The van der Waals surface area contributed by atoms with Gasteiger partial charge in [0.15, 0.2) is 0 Å². The molecule has 0 aliphatic heterocycles. The SMILES string of the molecule is N#CC(=CNc1ccccc1)Cc1cncc2ccccc12. The van der Waals surface area contributed by atoms with Gasteiger partial charge in [-0.05, 0) is 23.1 Å². The van der Waals surface area contributed by atoms with E-state index < -0.39 is 0 Å². The molecule has 0 saturated carbocycles. The first-order valence-corrected chi connectivity index (χ1v) is 7.09. The first-order chi connectivity index (χ1) is 10.9. The predicted octanol–water partition coefficient (Wildman–Crippen LogP) is 4.30. The van der Waals surface area contributed by atoms with Crippen LogP contribution in [0.1, 0.15) is 5.56 Å². The van der Waals surface area contributed by atoms with Crippen LogP contribution in [0, 0.1) is 11.3 Å². The summed E-state index contributed by atoms with van der Waals surface area (Å²) < 4.78 is 0. The Labute approximate surface area is 129 Å². The number of pyridine rings is 1. The van der Waals surface area contributed by atoms with E-state index in [1.165, 1.54) is 0 Å². The number of fused-ring (bicyclic) bond motifs is 1. The average Bonchev–Trinajstić information content (AvgIpc) is 2.59. The molecule has 0 radical (unpaired) electrons. The van der Waals surface area contributed by atoms with Crippen molar-refractivity contribution in [3.05, 3.63) is 84.3 Å². The van der Waals surface area contributed by atoms with Crippen molar-refractivity contribution < 1.29 is 0 Å². The van der Waals surface area contributed by atoms with Crippen molar-refractivity contribution in [3.63, 3.8) is 0 Å². The molecule has 0 unspecified atom stereocenters. The summed E-state index contributed by atoms with van der Waals surface area (Å²) in [4.78, 5) is 4.26. The van der Waals surface area contributed by atoms with Crippen molar-refractivity contribution in [1.29, 1.82) is 5.26 Å². The lowest BCUT2D eigenvalue weighted by Crippen LogP contribution is -1.96. The molecule has 2 aromatic carbocycles. The predicted molar refractivity (Wildman–Crippen MR) is 89.2 cm³/mol. The van der Waals surface area contributed by atoms with Gasteiger partial charge < -0.3 is 5.32 Å². The van der Waals surface area contributed by atoms with Gasteiger partial charge >= 0.3 is 0 Å². The number of nitrogens with one attached hydrogen (secondary N) is 1. The highest BCUT2D eigenvalue weighted by Crippen LogP contribution is 2.19. The summed E-state index contributed by atoms with van der Waals surface area (Å²) in [6.07, 6.45) is 5.99. The summed E-state index contributed by atoms with van der Waals surface area (Å²) in [5, 5.41) is 14.7. The molecule has 1 aromatic heterocycles. The smallest absolute Gasteiger partial charge is 0.0965 e. The third kappa shape index (κ3) is 3.13. The van der Waals surface area contributed by atoms with Gasteiger partial charge in [-0.1, -0.05) is 42.5 Å². The highest BCUT2D eigenvalue weighted by molar-refractivity contribution is 5.84. The van der Waals surface area contributed by atoms with E-state index in [0.717, 1.165) is 22.0 Å². The lowest BCUT2D eigenvalue weighted by molar-refractivity contribution is 1.17. The highest BCUT2D eigenvalue weighted by atomic mass is 14.8. The number of nitriles is 1. The fraction of sp³-hybridized carbons (Fsp3) is 0.0526. The van der Waals surface area contributed by atoms with E-state index in [1.807, 2.05) is 60.9 Å². The van der Waals surface area contributed by atoms with Crippen LogP contribution in [0.4, 0.5) is 5.69 Å². The topological polar surface area (TPSA) is 48.7 Å². The molecule has 0 aliphatic rings. The molecule has 106 valence electrons. The first kappa shape index (κ1) is 13.8. The number of anilines is 1. The molecule has 0 spiro atoms. The maximum Gasteiger partial charge on any atom is 0.0965 e. The fourth-order valence-electron chi connectivity index (χ4n) is 2.35. The Bertz CT molecular complexity index is 840. The second-order valence-corrected chi connectivity index (χ2v) is 4.99. The van der Waals surface area contributed by atoms with Gasteiger partial charge in [0.2, 0.25) is 0 Å². The Hall–Kier alpha value is -3.12. The number of aromatic nitrogens is 1. The van der Waals surface area contributed by atoms with Gasteiger partial charge in [-0.25, -0.2) is 0 Å². The summed E-state index contributed by atoms with van der Waals surface area (Å²) in [5.74, 6) is 0. The molecule has 0 fully saturated rings. The van der Waals surface area contributed by atoms with E-state index in [-0.39, 0.29) is 0 Å². The number of hydrogen-bond donors (Lipinski definition) is 1. The zero-order valence-electron chi connectivity index (χ0n) is 12.0. The second-order valence-electron chi connectivity index (χ2n) is 4.99. The Morgan fingerprint density at radius 1 is 1.05 bits per heavy atom. The second kappa shape index (κ2) is 6.55. The molecular formula is C19H15N3. The molecule has 0 atom stereocenters. The maximum absolute atomic E-state index is 9.36. The first-order valence-electron chi connectivity index (χ1n) is 7.09. The molecule has 0 aliphatic carbocycles. The number of allylic oxidation sites excluding steroid dienone is 1. The standard InChI is InChI=1S/C19H15N3/c20-11-15(12-22-18-7-2-1-3-8-18)10-17-14-21-13-16-6-4-5-9-19(16)17/h1-9,12-14,22H,10H2. The van der Waals surface area contributed by atoms with Crippen LogP contribution in [0.15, 0.2) is 78.8 Å². The molecule has 1 heterocycles. The molecular weight excluding hydrogens is 270 g/mol. The summed E-state index contributed by atoms with van der Waals surface area (Å²) in [7, 11) is 0. The van der Waals surface area contributed by atoms with Gasteiger partial charge in [0.1, 0.15) is 0 Å². The van der Waals surface area contributed by atoms with Crippen LogP contribution in [0.25, 0.3) is 10.8 Å². The van der Waals surface area contributed by atoms with Crippen molar-refractivity contribution in [1.82, 2.24) is 4.98 Å². The molecule has 3 heteroatoms. The van der Waals surface area contributed by atoms with Crippen molar-refractivity contribution in [2.45, 2.75) is 6.42 Å². The molecule has 3 rings (SSSR count). The minimum Gasteiger partial charge on any atom is -0.361 e. The van der Waals surface area contributed by atoms with E-state index in [2.05, 4.69) is 22.4 Å². The Morgan fingerprint density at radius 2 is 1.82 bits per heavy atom. The lowest BCUT2D eigenvalue weighted by Gasteiger charge is -2.06. The summed E-state index contributed by atoms with van der Waals surface area (Å²) >= 11 is 0. The number of para-hydroxylation sites is 1. The lowest BCUT2D eigenvalue weighted by atomic mass is 10.0. The van der Waals surface area contributed by atoms with Crippen LogP contribution in [-0.2, 0) is 6.42 Å². The van der Waals surface area contributed by atoms with Crippen LogP contribution in [0.3, 0.4) is 0 Å². The highest BCUT2D eigenvalue weighted by Gasteiger charge is 2.04. The van der Waals surface area contributed by atoms with Gasteiger partial charge in [0.25, 0.3) is 0 Å². The minimum atomic E-state index is 0.560. The van der Waals surface area contributed by atoms with Gasteiger partial charge in [-0.3, -0.25) is 4.98 Å².